The standard InChI is InChI=1S/C13H20N2O2/c1-3-4-9-5-6-12-11(7-9)15(2)13(16)10(14)8-17-12/h5-7,10,13,16H,3-4,8,14H2,1-2H3/t10-,13?/m0/s1. The van der Waals surface area contributed by atoms with E-state index < -0.39 is 6.23 Å². The minimum atomic E-state index is -0.701. The molecule has 0 bridgehead atoms. The van der Waals surface area contributed by atoms with Gasteiger partial charge in [0.25, 0.3) is 0 Å². The lowest BCUT2D eigenvalue weighted by molar-refractivity contribution is 0.125. The minimum Gasteiger partial charge on any atom is -0.490 e. The van der Waals surface area contributed by atoms with E-state index in [1.54, 1.807) is 4.90 Å². The van der Waals surface area contributed by atoms with E-state index in [2.05, 4.69) is 19.1 Å². The van der Waals surface area contributed by atoms with Gasteiger partial charge in [-0.2, -0.15) is 0 Å². The van der Waals surface area contributed by atoms with Crippen molar-refractivity contribution in [2.75, 3.05) is 18.6 Å². The topological polar surface area (TPSA) is 58.7 Å². The van der Waals surface area contributed by atoms with Gasteiger partial charge < -0.3 is 20.5 Å². The molecule has 0 saturated heterocycles. The fourth-order valence-electron chi connectivity index (χ4n) is 2.11. The lowest BCUT2D eigenvalue weighted by atomic mass is 10.1. The number of likely N-dealkylation sites (N-methyl/N-ethyl adjacent to an activating group) is 1. The second-order valence-corrected chi connectivity index (χ2v) is 4.55. The fourth-order valence-corrected chi connectivity index (χ4v) is 2.11. The van der Waals surface area contributed by atoms with Crippen LogP contribution in [0.15, 0.2) is 18.2 Å². The molecule has 3 N–H and O–H groups in total. The largest absolute Gasteiger partial charge is 0.490 e. The van der Waals surface area contributed by atoms with E-state index in [4.69, 9.17) is 10.5 Å². The molecule has 1 heterocycles. The van der Waals surface area contributed by atoms with Gasteiger partial charge in [0.2, 0.25) is 0 Å². The summed E-state index contributed by atoms with van der Waals surface area (Å²) in [6.45, 7) is 2.49. The molecule has 0 aromatic heterocycles. The van der Waals surface area contributed by atoms with Crippen molar-refractivity contribution < 1.29 is 9.84 Å². The number of ether oxygens (including phenoxy) is 1. The van der Waals surface area contributed by atoms with Gasteiger partial charge in [-0.15, -0.1) is 0 Å². The van der Waals surface area contributed by atoms with Crippen LogP contribution in [0.1, 0.15) is 18.9 Å². The Morgan fingerprint density at radius 3 is 3.00 bits per heavy atom. The second-order valence-electron chi connectivity index (χ2n) is 4.55. The molecule has 17 heavy (non-hydrogen) atoms. The van der Waals surface area contributed by atoms with Crippen molar-refractivity contribution in [2.24, 2.45) is 5.73 Å². The molecule has 1 aromatic carbocycles. The van der Waals surface area contributed by atoms with Crippen LogP contribution >= 0.6 is 0 Å². The molecular weight excluding hydrogens is 216 g/mol. The monoisotopic (exact) mass is 236 g/mol. The minimum absolute atomic E-state index is 0.339. The zero-order valence-electron chi connectivity index (χ0n) is 10.4. The molecule has 4 heteroatoms. The van der Waals surface area contributed by atoms with E-state index in [0.29, 0.717) is 6.61 Å². The molecule has 2 rings (SSSR count). The average molecular weight is 236 g/mol. The summed E-state index contributed by atoms with van der Waals surface area (Å²) < 4.78 is 5.61. The van der Waals surface area contributed by atoms with Crippen molar-refractivity contribution in [3.05, 3.63) is 23.8 Å². The first-order valence-corrected chi connectivity index (χ1v) is 6.05. The Morgan fingerprint density at radius 1 is 1.53 bits per heavy atom. The zero-order chi connectivity index (χ0) is 12.4. The van der Waals surface area contributed by atoms with E-state index in [0.717, 1.165) is 24.3 Å². The van der Waals surface area contributed by atoms with Gasteiger partial charge in [-0.3, -0.25) is 0 Å². The van der Waals surface area contributed by atoms with E-state index in [1.165, 1.54) is 5.56 Å². The summed E-state index contributed by atoms with van der Waals surface area (Å²) in [7, 11) is 1.84. The maximum absolute atomic E-state index is 10.0. The van der Waals surface area contributed by atoms with Crippen LogP contribution in [-0.4, -0.2) is 31.0 Å². The molecule has 0 radical (unpaired) electrons. The number of aryl methyl sites for hydroxylation is 1. The molecule has 94 valence electrons. The number of anilines is 1. The van der Waals surface area contributed by atoms with Gasteiger partial charge in [0.15, 0.2) is 0 Å². The Labute approximate surface area is 102 Å². The van der Waals surface area contributed by atoms with Gasteiger partial charge in [-0.25, -0.2) is 0 Å². The number of aliphatic hydroxyl groups is 1. The van der Waals surface area contributed by atoms with E-state index >= 15 is 0 Å². The van der Waals surface area contributed by atoms with E-state index in [1.807, 2.05) is 13.1 Å². The molecule has 0 aliphatic carbocycles. The normalized spacial score (nSPS) is 23.9. The lowest BCUT2D eigenvalue weighted by Gasteiger charge is -2.26. The number of benzene rings is 1. The zero-order valence-corrected chi connectivity index (χ0v) is 10.4. The summed E-state index contributed by atoms with van der Waals surface area (Å²) in [4.78, 5) is 1.78. The van der Waals surface area contributed by atoms with Gasteiger partial charge in [0.05, 0.1) is 11.7 Å². The summed E-state index contributed by atoms with van der Waals surface area (Å²) >= 11 is 0. The Kier molecular flexibility index (Phi) is 3.54. The van der Waals surface area contributed by atoms with Gasteiger partial charge in [-0.05, 0) is 24.1 Å². The summed E-state index contributed by atoms with van der Waals surface area (Å²) in [5.41, 5.74) is 8.00. The lowest BCUT2D eigenvalue weighted by Crippen LogP contribution is -2.47. The van der Waals surface area contributed by atoms with Crippen molar-refractivity contribution >= 4 is 5.69 Å². The van der Waals surface area contributed by atoms with Crippen molar-refractivity contribution in [1.29, 1.82) is 0 Å². The Morgan fingerprint density at radius 2 is 2.29 bits per heavy atom. The molecule has 2 atom stereocenters. The predicted octanol–water partition coefficient (Wildman–Crippen LogP) is 1.11. The predicted molar refractivity (Wildman–Crippen MR) is 68.3 cm³/mol. The van der Waals surface area contributed by atoms with E-state index in [9.17, 15) is 5.11 Å². The summed E-state index contributed by atoms with van der Waals surface area (Å²) in [6.07, 6.45) is 1.43. The highest BCUT2D eigenvalue weighted by Gasteiger charge is 2.26. The quantitative estimate of drug-likeness (QED) is 0.807. The third-order valence-corrected chi connectivity index (χ3v) is 3.15. The van der Waals surface area contributed by atoms with Crippen LogP contribution in [-0.2, 0) is 6.42 Å². The van der Waals surface area contributed by atoms with Crippen LogP contribution < -0.4 is 15.4 Å². The van der Waals surface area contributed by atoms with Crippen molar-refractivity contribution in [3.63, 3.8) is 0 Å². The number of rotatable bonds is 2. The number of hydrogen-bond donors (Lipinski definition) is 2. The number of aliphatic hydroxyl groups excluding tert-OH is 1. The SMILES string of the molecule is CCCc1ccc2c(c1)N(C)C(O)[C@@H](N)CO2. The molecule has 1 aliphatic rings. The molecule has 0 amide bonds. The molecule has 0 spiro atoms. The first-order chi connectivity index (χ1) is 8.13. The molecule has 1 aliphatic heterocycles. The smallest absolute Gasteiger partial charge is 0.145 e. The highest BCUT2D eigenvalue weighted by atomic mass is 16.5. The van der Waals surface area contributed by atoms with Crippen molar-refractivity contribution in [2.45, 2.75) is 32.0 Å². The fraction of sp³-hybridized carbons (Fsp3) is 0.538. The van der Waals surface area contributed by atoms with Crippen LogP contribution in [0.4, 0.5) is 5.69 Å². The van der Waals surface area contributed by atoms with Crippen LogP contribution in [0.3, 0.4) is 0 Å². The maximum Gasteiger partial charge on any atom is 0.145 e. The van der Waals surface area contributed by atoms with Crippen LogP contribution in [0.5, 0.6) is 5.75 Å². The third kappa shape index (κ3) is 2.37. The van der Waals surface area contributed by atoms with E-state index in [-0.39, 0.29) is 6.04 Å². The highest BCUT2D eigenvalue weighted by Crippen LogP contribution is 2.32. The Balaban J connectivity index is 2.35. The summed E-state index contributed by atoms with van der Waals surface area (Å²) in [6, 6.07) is 5.71. The van der Waals surface area contributed by atoms with Crippen LogP contribution in [0.25, 0.3) is 0 Å². The maximum atomic E-state index is 10.0. The molecule has 1 unspecified atom stereocenters. The molecule has 0 saturated carbocycles. The van der Waals surface area contributed by atoms with Gasteiger partial charge in [-0.1, -0.05) is 19.4 Å². The van der Waals surface area contributed by atoms with Crippen molar-refractivity contribution in [1.82, 2.24) is 0 Å². The second kappa shape index (κ2) is 4.94. The van der Waals surface area contributed by atoms with Gasteiger partial charge in [0, 0.05) is 7.05 Å². The highest BCUT2D eigenvalue weighted by molar-refractivity contribution is 5.60. The molecule has 1 aromatic rings. The number of fused-ring (bicyclic) bond motifs is 1. The number of nitrogens with zero attached hydrogens (tertiary/aromatic N) is 1. The van der Waals surface area contributed by atoms with Crippen molar-refractivity contribution in [3.8, 4) is 5.75 Å². The Hall–Kier alpha value is -1.26. The van der Waals surface area contributed by atoms with Gasteiger partial charge >= 0.3 is 0 Å². The number of hydrogen-bond acceptors (Lipinski definition) is 4. The van der Waals surface area contributed by atoms with Gasteiger partial charge in [0.1, 0.15) is 18.6 Å². The Bertz CT molecular complexity index is 395. The molecule has 0 fully saturated rings. The molecular formula is C13H20N2O2. The number of nitrogens with two attached hydrogens (primary N) is 1. The van der Waals surface area contributed by atoms with Crippen LogP contribution in [0.2, 0.25) is 0 Å². The third-order valence-electron chi connectivity index (χ3n) is 3.15. The summed E-state index contributed by atoms with van der Waals surface area (Å²) in [5.74, 6) is 0.791. The first-order valence-electron chi connectivity index (χ1n) is 6.05. The average Bonchev–Trinajstić information content (AvgIpc) is 2.43. The molecule has 4 nitrogen and oxygen atoms in total. The summed E-state index contributed by atoms with van der Waals surface area (Å²) in [5, 5.41) is 10.0. The first kappa shape index (κ1) is 12.2. The van der Waals surface area contributed by atoms with Crippen LogP contribution in [0, 0.1) is 0 Å².